The third-order valence-electron chi connectivity index (χ3n) is 2.54. The van der Waals surface area contributed by atoms with E-state index in [0.29, 0.717) is 10.6 Å². The molecule has 0 radical (unpaired) electrons. The molecule has 92 valence electrons. The van der Waals surface area contributed by atoms with Crippen LogP contribution >= 0.6 is 12.2 Å². The molecule has 0 saturated carbocycles. The third-order valence-corrected chi connectivity index (χ3v) is 2.86. The molecular weight excluding hydrogens is 246 g/mol. The van der Waals surface area contributed by atoms with Gasteiger partial charge in [-0.05, 0) is 31.2 Å². The minimum Gasteiger partial charge on any atom is -0.508 e. The van der Waals surface area contributed by atoms with Crippen molar-refractivity contribution in [3.63, 3.8) is 0 Å². The van der Waals surface area contributed by atoms with E-state index in [1.54, 1.807) is 6.07 Å². The van der Waals surface area contributed by atoms with Crippen LogP contribution < -0.4 is 5.32 Å². The molecule has 0 bridgehead atoms. The summed E-state index contributed by atoms with van der Waals surface area (Å²) >= 11 is 5.21. The van der Waals surface area contributed by atoms with Gasteiger partial charge in [0.15, 0.2) is 0 Å². The number of benzene rings is 2. The predicted molar refractivity (Wildman–Crippen MR) is 76.3 cm³/mol. The second-order valence-electron chi connectivity index (χ2n) is 4.02. The molecule has 0 unspecified atom stereocenters. The SMILES string of the molecule is Cc1ccc(NC(=S)c2ccc(O)cc2O)cc1. The summed E-state index contributed by atoms with van der Waals surface area (Å²) < 4.78 is 0. The lowest BCUT2D eigenvalue weighted by Crippen LogP contribution is -2.10. The Morgan fingerprint density at radius 2 is 1.72 bits per heavy atom. The number of aryl methyl sites for hydroxylation is 1. The van der Waals surface area contributed by atoms with Crippen molar-refractivity contribution in [2.24, 2.45) is 0 Å². The minimum absolute atomic E-state index is 0.00869. The van der Waals surface area contributed by atoms with Crippen molar-refractivity contribution >= 4 is 22.9 Å². The largest absolute Gasteiger partial charge is 0.508 e. The molecule has 3 N–H and O–H groups in total. The Kier molecular flexibility index (Phi) is 3.48. The van der Waals surface area contributed by atoms with E-state index < -0.39 is 0 Å². The Hall–Kier alpha value is -2.07. The lowest BCUT2D eigenvalue weighted by atomic mass is 10.1. The van der Waals surface area contributed by atoms with Gasteiger partial charge in [0.25, 0.3) is 0 Å². The van der Waals surface area contributed by atoms with E-state index in [-0.39, 0.29) is 11.5 Å². The monoisotopic (exact) mass is 259 g/mol. The summed E-state index contributed by atoms with van der Waals surface area (Å²) in [6.07, 6.45) is 0. The molecule has 2 rings (SSSR count). The molecule has 0 aromatic heterocycles. The summed E-state index contributed by atoms with van der Waals surface area (Å²) in [5.74, 6) is -0.0333. The Bertz CT molecular complexity index is 579. The fourth-order valence-electron chi connectivity index (χ4n) is 1.55. The highest BCUT2D eigenvalue weighted by Crippen LogP contribution is 2.24. The fraction of sp³-hybridized carbons (Fsp3) is 0.0714. The maximum Gasteiger partial charge on any atom is 0.129 e. The number of thiocarbonyl (C=S) groups is 1. The predicted octanol–water partition coefficient (Wildman–Crippen LogP) is 3.19. The van der Waals surface area contributed by atoms with Crippen LogP contribution in [0.2, 0.25) is 0 Å². The van der Waals surface area contributed by atoms with E-state index >= 15 is 0 Å². The van der Waals surface area contributed by atoms with Gasteiger partial charge in [0.05, 0.1) is 5.56 Å². The van der Waals surface area contributed by atoms with Gasteiger partial charge in [-0.2, -0.15) is 0 Å². The number of hydrogen-bond acceptors (Lipinski definition) is 3. The van der Waals surface area contributed by atoms with E-state index in [0.717, 1.165) is 5.69 Å². The molecule has 4 heteroatoms. The molecule has 0 aliphatic carbocycles. The second-order valence-corrected chi connectivity index (χ2v) is 4.43. The first-order valence-corrected chi connectivity index (χ1v) is 5.87. The quantitative estimate of drug-likeness (QED) is 0.725. The number of phenolic OH excluding ortho intramolecular Hbond substituents is 2. The molecule has 2 aromatic carbocycles. The van der Waals surface area contributed by atoms with Crippen LogP contribution in [0.15, 0.2) is 42.5 Å². The molecule has 0 heterocycles. The van der Waals surface area contributed by atoms with Gasteiger partial charge in [0.2, 0.25) is 0 Å². The summed E-state index contributed by atoms with van der Waals surface area (Å²) in [4.78, 5) is 0.413. The van der Waals surface area contributed by atoms with Crippen molar-refractivity contribution in [1.82, 2.24) is 0 Å². The standard InChI is InChI=1S/C14H13NO2S/c1-9-2-4-10(5-3-9)15-14(18)12-7-6-11(16)8-13(12)17/h2-8,16-17H,1H3,(H,15,18). The lowest BCUT2D eigenvalue weighted by molar-refractivity contribution is 0.450. The normalized spacial score (nSPS) is 10.1. The molecule has 0 amide bonds. The molecule has 0 aliphatic rings. The van der Waals surface area contributed by atoms with E-state index in [2.05, 4.69) is 5.32 Å². The number of anilines is 1. The van der Waals surface area contributed by atoms with Crippen LogP contribution in [-0.2, 0) is 0 Å². The van der Waals surface area contributed by atoms with Crippen LogP contribution in [0.1, 0.15) is 11.1 Å². The summed E-state index contributed by atoms with van der Waals surface area (Å²) in [5.41, 5.74) is 2.51. The van der Waals surface area contributed by atoms with Crippen LogP contribution in [0.25, 0.3) is 0 Å². The molecule has 2 aromatic rings. The van der Waals surface area contributed by atoms with Gasteiger partial charge in [-0.3, -0.25) is 0 Å². The van der Waals surface area contributed by atoms with Crippen molar-refractivity contribution in [1.29, 1.82) is 0 Å². The van der Waals surface area contributed by atoms with Crippen molar-refractivity contribution in [2.45, 2.75) is 6.92 Å². The topological polar surface area (TPSA) is 52.5 Å². The maximum atomic E-state index is 9.70. The van der Waals surface area contributed by atoms with E-state index in [1.165, 1.54) is 17.7 Å². The number of hydrogen-bond donors (Lipinski definition) is 3. The van der Waals surface area contributed by atoms with E-state index in [1.807, 2.05) is 31.2 Å². The number of nitrogens with one attached hydrogen (secondary N) is 1. The zero-order chi connectivity index (χ0) is 13.1. The van der Waals surface area contributed by atoms with Crippen LogP contribution in [0.5, 0.6) is 11.5 Å². The fourth-order valence-corrected chi connectivity index (χ4v) is 1.84. The Balaban J connectivity index is 2.19. The van der Waals surface area contributed by atoms with Gasteiger partial charge in [-0.1, -0.05) is 29.9 Å². The number of phenols is 2. The number of rotatable bonds is 2. The molecule has 3 nitrogen and oxygen atoms in total. The smallest absolute Gasteiger partial charge is 0.129 e. The second kappa shape index (κ2) is 5.06. The van der Waals surface area contributed by atoms with E-state index in [9.17, 15) is 10.2 Å². The molecule has 0 atom stereocenters. The maximum absolute atomic E-state index is 9.70. The van der Waals surface area contributed by atoms with Gasteiger partial charge in [-0.25, -0.2) is 0 Å². The summed E-state index contributed by atoms with van der Waals surface area (Å²) in [5, 5.41) is 21.9. The van der Waals surface area contributed by atoms with E-state index in [4.69, 9.17) is 12.2 Å². The van der Waals surface area contributed by atoms with Gasteiger partial charge < -0.3 is 15.5 Å². The molecule has 0 fully saturated rings. The van der Waals surface area contributed by atoms with Crippen LogP contribution in [0, 0.1) is 6.92 Å². The minimum atomic E-state index is -0.0420. The highest BCUT2D eigenvalue weighted by Gasteiger charge is 2.08. The highest BCUT2D eigenvalue weighted by atomic mass is 32.1. The molecule has 18 heavy (non-hydrogen) atoms. The van der Waals surface area contributed by atoms with Crippen LogP contribution in [0.4, 0.5) is 5.69 Å². The average molecular weight is 259 g/mol. The zero-order valence-corrected chi connectivity index (χ0v) is 10.7. The van der Waals surface area contributed by atoms with Gasteiger partial charge in [0, 0.05) is 11.8 Å². The third kappa shape index (κ3) is 2.78. The Labute approximate surface area is 111 Å². The van der Waals surface area contributed by atoms with Gasteiger partial charge in [0.1, 0.15) is 16.5 Å². The summed E-state index contributed by atoms with van der Waals surface area (Å²) in [7, 11) is 0. The van der Waals surface area contributed by atoms with Crippen LogP contribution in [-0.4, -0.2) is 15.2 Å². The van der Waals surface area contributed by atoms with Gasteiger partial charge >= 0.3 is 0 Å². The molecule has 0 saturated heterocycles. The van der Waals surface area contributed by atoms with Crippen molar-refractivity contribution in [2.75, 3.05) is 5.32 Å². The summed E-state index contributed by atoms with van der Waals surface area (Å²) in [6.45, 7) is 2.01. The lowest BCUT2D eigenvalue weighted by Gasteiger charge is -2.10. The first-order chi connectivity index (χ1) is 8.56. The van der Waals surface area contributed by atoms with Crippen molar-refractivity contribution in [3.05, 3.63) is 53.6 Å². The van der Waals surface area contributed by atoms with Crippen molar-refractivity contribution in [3.8, 4) is 11.5 Å². The van der Waals surface area contributed by atoms with Crippen LogP contribution in [0.3, 0.4) is 0 Å². The zero-order valence-electron chi connectivity index (χ0n) is 9.84. The first-order valence-electron chi connectivity index (χ1n) is 5.46. The highest BCUT2D eigenvalue weighted by molar-refractivity contribution is 7.81. The Morgan fingerprint density at radius 3 is 2.33 bits per heavy atom. The average Bonchev–Trinajstić information content (AvgIpc) is 2.32. The molecule has 0 aliphatic heterocycles. The van der Waals surface area contributed by atoms with Gasteiger partial charge in [-0.15, -0.1) is 0 Å². The first kappa shape index (κ1) is 12.4. The Morgan fingerprint density at radius 1 is 1.06 bits per heavy atom. The number of aromatic hydroxyl groups is 2. The summed E-state index contributed by atoms with van der Waals surface area (Å²) in [6, 6.07) is 12.1. The molecule has 0 spiro atoms. The molecular formula is C14H13NO2S. The van der Waals surface area contributed by atoms with Crippen molar-refractivity contribution < 1.29 is 10.2 Å².